The zero-order valence-corrected chi connectivity index (χ0v) is 15.6. The standard InChI is InChI=1S/C18H28O9/c1-7-11(20)4-9-10(16(23)24-3)6-25-18(13(7)9)27-17-8(2)14(21)15(22)12(5-19)26-17/h6-9,11-15,17-22H,4-5H2,1-3H3. The highest BCUT2D eigenvalue weighted by Crippen LogP contribution is 2.47. The SMILES string of the molecule is COC(=O)C1=COC(OC2OC(CO)C(O)C(O)C2C)C2C1CC(O)C2C. The summed E-state index contributed by atoms with van der Waals surface area (Å²) in [6.07, 6.45) is -4.01. The van der Waals surface area contributed by atoms with Gasteiger partial charge in [-0.05, 0) is 12.3 Å². The van der Waals surface area contributed by atoms with Crippen LogP contribution in [-0.2, 0) is 23.7 Å². The maximum absolute atomic E-state index is 12.0. The maximum atomic E-state index is 12.0. The van der Waals surface area contributed by atoms with Gasteiger partial charge in [0.25, 0.3) is 0 Å². The quantitative estimate of drug-likeness (QED) is 0.453. The Bertz CT molecular complexity index is 577. The Morgan fingerprint density at radius 2 is 1.89 bits per heavy atom. The van der Waals surface area contributed by atoms with Crippen LogP contribution in [0.3, 0.4) is 0 Å². The summed E-state index contributed by atoms with van der Waals surface area (Å²) in [5.74, 6) is -1.88. The van der Waals surface area contributed by atoms with E-state index in [-0.39, 0.29) is 17.8 Å². The van der Waals surface area contributed by atoms with Crippen LogP contribution in [0.25, 0.3) is 0 Å². The summed E-state index contributed by atoms with van der Waals surface area (Å²) in [7, 11) is 1.29. The summed E-state index contributed by atoms with van der Waals surface area (Å²) in [5, 5.41) is 39.8. The second kappa shape index (κ2) is 8.02. The minimum absolute atomic E-state index is 0.198. The van der Waals surface area contributed by atoms with Gasteiger partial charge >= 0.3 is 5.97 Å². The van der Waals surface area contributed by atoms with E-state index >= 15 is 0 Å². The molecule has 1 saturated heterocycles. The van der Waals surface area contributed by atoms with Crippen LogP contribution in [0, 0.1) is 23.7 Å². The van der Waals surface area contributed by atoms with Crippen molar-refractivity contribution in [3.63, 3.8) is 0 Å². The van der Waals surface area contributed by atoms with E-state index in [9.17, 15) is 25.2 Å². The molecule has 0 radical (unpaired) electrons. The lowest BCUT2D eigenvalue weighted by atomic mass is 9.83. The average Bonchev–Trinajstić information content (AvgIpc) is 2.96. The summed E-state index contributed by atoms with van der Waals surface area (Å²) >= 11 is 0. The average molecular weight is 388 g/mol. The monoisotopic (exact) mass is 388 g/mol. The molecule has 0 spiro atoms. The first-order valence-electron chi connectivity index (χ1n) is 9.19. The number of rotatable bonds is 4. The zero-order chi connectivity index (χ0) is 19.9. The molecule has 3 rings (SSSR count). The molecule has 10 unspecified atom stereocenters. The van der Waals surface area contributed by atoms with Crippen LogP contribution in [-0.4, -0.2) is 77.1 Å². The van der Waals surface area contributed by atoms with E-state index in [1.807, 2.05) is 6.92 Å². The molecule has 0 aromatic rings. The number of carbonyl (C=O) groups is 1. The Morgan fingerprint density at radius 3 is 2.52 bits per heavy atom. The Kier molecular flexibility index (Phi) is 6.09. The number of methoxy groups -OCH3 is 1. The van der Waals surface area contributed by atoms with Gasteiger partial charge in [-0.2, -0.15) is 0 Å². The summed E-state index contributed by atoms with van der Waals surface area (Å²) in [6, 6.07) is 0. The van der Waals surface area contributed by atoms with E-state index in [4.69, 9.17) is 18.9 Å². The first kappa shape index (κ1) is 20.5. The van der Waals surface area contributed by atoms with Crippen molar-refractivity contribution in [1.29, 1.82) is 0 Å². The second-order valence-electron chi connectivity index (χ2n) is 7.62. The van der Waals surface area contributed by atoms with Gasteiger partial charge < -0.3 is 39.4 Å². The number of aliphatic hydroxyl groups is 4. The zero-order valence-electron chi connectivity index (χ0n) is 15.6. The third-order valence-corrected chi connectivity index (χ3v) is 6.09. The molecular weight excluding hydrogens is 360 g/mol. The molecule has 3 aliphatic rings. The van der Waals surface area contributed by atoms with Gasteiger partial charge in [0, 0.05) is 17.8 Å². The number of esters is 1. The van der Waals surface area contributed by atoms with Crippen molar-refractivity contribution in [2.24, 2.45) is 23.7 Å². The fraction of sp³-hybridized carbons (Fsp3) is 0.833. The van der Waals surface area contributed by atoms with Crippen molar-refractivity contribution in [2.75, 3.05) is 13.7 Å². The van der Waals surface area contributed by atoms with E-state index in [1.54, 1.807) is 6.92 Å². The number of aliphatic hydroxyl groups excluding tert-OH is 4. The maximum Gasteiger partial charge on any atom is 0.337 e. The molecule has 1 aliphatic carbocycles. The van der Waals surface area contributed by atoms with Crippen LogP contribution in [0.2, 0.25) is 0 Å². The molecule has 0 amide bonds. The topological polar surface area (TPSA) is 135 Å². The molecule has 4 N–H and O–H groups in total. The minimum Gasteiger partial charge on any atom is -0.472 e. The van der Waals surface area contributed by atoms with Crippen LogP contribution in [0.1, 0.15) is 20.3 Å². The van der Waals surface area contributed by atoms with Crippen molar-refractivity contribution in [3.8, 4) is 0 Å². The highest BCUT2D eigenvalue weighted by molar-refractivity contribution is 5.89. The summed E-state index contributed by atoms with van der Waals surface area (Å²) < 4.78 is 22.0. The number of hydrogen-bond acceptors (Lipinski definition) is 9. The van der Waals surface area contributed by atoms with E-state index in [0.29, 0.717) is 12.0 Å². The molecule has 0 bridgehead atoms. The van der Waals surface area contributed by atoms with E-state index < -0.39 is 55.5 Å². The van der Waals surface area contributed by atoms with E-state index in [0.717, 1.165) is 0 Å². The molecule has 2 aliphatic heterocycles. The molecule has 2 heterocycles. The van der Waals surface area contributed by atoms with Gasteiger partial charge in [-0.15, -0.1) is 0 Å². The van der Waals surface area contributed by atoms with Crippen molar-refractivity contribution < 1.29 is 44.2 Å². The molecular formula is C18H28O9. The number of ether oxygens (including phenoxy) is 4. The highest BCUT2D eigenvalue weighted by atomic mass is 16.8. The van der Waals surface area contributed by atoms with Gasteiger partial charge in [-0.1, -0.05) is 13.8 Å². The number of fused-ring (bicyclic) bond motifs is 1. The lowest BCUT2D eigenvalue weighted by Crippen LogP contribution is -2.56. The molecule has 2 fully saturated rings. The molecule has 10 atom stereocenters. The Morgan fingerprint density at radius 1 is 1.19 bits per heavy atom. The number of carbonyl (C=O) groups excluding carboxylic acids is 1. The van der Waals surface area contributed by atoms with Gasteiger partial charge in [-0.25, -0.2) is 4.79 Å². The second-order valence-corrected chi connectivity index (χ2v) is 7.62. The largest absolute Gasteiger partial charge is 0.472 e. The molecule has 9 nitrogen and oxygen atoms in total. The van der Waals surface area contributed by atoms with Gasteiger partial charge in [-0.3, -0.25) is 0 Å². The predicted molar refractivity (Wildman–Crippen MR) is 89.7 cm³/mol. The first-order valence-corrected chi connectivity index (χ1v) is 9.19. The van der Waals surface area contributed by atoms with Crippen molar-refractivity contribution in [1.82, 2.24) is 0 Å². The van der Waals surface area contributed by atoms with Crippen molar-refractivity contribution >= 4 is 5.97 Å². The lowest BCUT2D eigenvalue weighted by molar-refractivity contribution is -0.329. The summed E-state index contributed by atoms with van der Waals surface area (Å²) in [6.45, 7) is 3.05. The molecule has 27 heavy (non-hydrogen) atoms. The fourth-order valence-corrected chi connectivity index (χ4v) is 4.29. The van der Waals surface area contributed by atoms with Crippen LogP contribution >= 0.6 is 0 Å². The van der Waals surface area contributed by atoms with Crippen LogP contribution < -0.4 is 0 Å². The first-order chi connectivity index (χ1) is 12.8. The molecule has 154 valence electrons. The lowest BCUT2D eigenvalue weighted by Gasteiger charge is -2.43. The Labute approximate surface area is 157 Å². The third kappa shape index (κ3) is 3.59. The predicted octanol–water partition coefficient (Wildman–Crippen LogP) is -0.876. The van der Waals surface area contributed by atoms with Crippen LogP contribution in [0.5, 0.6) is 0 Å². The molecule has 1 saturated carbocycles. The summed E-state index contributed by atoms with van der Waals surface area (Å²) in [5.41, 5.74) is 0.354. The van der Waals surface area contributed by atoms with Gasteiger partial charge in [0.1, 0.15) is 12.2 Å². The highest BCUT2D eigenvalue weighted by Gasteiger charge is 2.52. The van der Waals surface area contributed by atoms with Crippen LogP contribution in [0.4, 0.5) is 0 Å². The normalized spacial score (nSPS) is 47.0. The minimum atomic E-state index is -1.22. The van der Waals surface area contributed by atoms with Crippen LogP contribution in [0.15, 0.2) is 11.8 Å². The van der Waals surface area contributed by atoms with E-state index in [1.165, 1.54) is 13.4 Å². The van der Waals surface area contributed by atoms with Crippen molar-refractivity contribution in [3.05, 3.63) is 11.8 Å². The molecule has 9 heteroatoms. The van der Waals surface area contributed by atoms with Gasteiger partial charge in [0.15, 0.2) is 6.29 Å². The molecule has 0 aromatic heterocycles. The van der Waals surface area contributed by atoms with Crippen molar-refractivity contribution in [2.45, 2.75) is 57.3 Å². The van der Waals surface area contributed by atoms with E-state index in [2.05, 4.69) is 0 Å². The Balaban J connectivity index is 1.80. The Hall–Kier alpha value is -1.23. The smallest absolute Gasteiger partial charge is 0.337 e. The third-order valence-electron chi connectivity index (χ3n) is 6.09. The fourth-order valence-electron chi connectivity index (χ4n) is 4.29. The van der Waals surface area contributed by atoms with Gasteiger partial charge in [0.05, 0.1) is 37.8 Å². The molecule has 0 aromatic carbocycles. The van der Waals surface area contributed by atoms with Gasteiger partial charge in [0.2, 0.25) is 6.29 Å². The number of hydrogen-bond donors (Lipinski definition) is 4. The summed E-state index contributed by atoms with van der Waals surface area (Å²) in [4.78, 5) is 12.0.